The Kier molecular flexibility index (Phi) is 3.75. The lowest BCUT2D eigenvalue weighted by molar-refractivity contribution is 0.651. The second-order valence-corrected chi connectivity index (χ2v) is 5.09. The molecule has 0 saturated carbocycles. The predicted molar refractivity (Wildman–Crippen MR) is 83.4 cm³/mol. The molecule has 1 heterocycles. The fourth-order valence-electron chi connectivity index (χ4n) is 2.44. The van der Waals surface area contributed by atoms with Gasteiger partial charge in [-0.2, -0.15) is 0 Å². The summed E-state index contributed by atoms with van der Waals surface area (Å²) in [5, 5.41) is 1.19. The lowest BCUT2D eigenvalue weighted by Gasteiger charge is -2.12. The zero-order chi connectivity index (χ0) is 13.8. The Morgan fingerprint density at radius 3 is 2.55 bits per heavy atom. The van der Waals surface area contributed by atoms with Crippen LogP contribution < -0.4 is 5.73 Å². The molecule has 1 aromatic heterocycles. The maximum Gasteiger partial charge on any atom is 0.0702 e. The molecule has 2 nitrogen and oxygen atoms in total. The van der Waals surface area contributed by atoms with E-state index in [0.29, 0.717) is 0 Å². The van der Waals surface area contributed by atoms with Crippen molar-refractivity contribution in [3.05, 3.63) is 78.0 Å². The monoisotopic (exact) mass is 262 g/mol. The van der Waals surface area contributed by atoms with Gasteiger partial charge in [0.1, 0.15) is 0 Å². The molecule has 0 aliphatic heterocycles. The van der Waals surface area contributed by atoms with E-state index in [-0.39, 0.29) is 6.04 Å². The van der Waals surface area contributed by atoms with Gasteiger partial charge in [-0.3, -0.25) is 4.98 Å². The molecule has 2 aromatic carbocycles. The first-order valence-electron chi connectivity index (χ1n) is 6.97. The molecular formula is C18H18N2. The van der Waals surface area contributed by atoms with Gasteiger partial charge >= 0.3 is 0 Å². The van der Waals surface area contributed by atoms with Crippen LogP contribution in [-0.2, 0) is 6.42 Å². The number of rotatable bonds is 4. The maximum absolute atomic E-state index is 6.24. The van der Waals surface area contributed by atoms with Gasteiger partial charge in [0.25, 0.3) is 0 Å². The summed E-state index contributed by atoms with van der Waals surface area (Å²) in [6.45, 7) is 0. The molecular weight excluding hydrogens is 244 g/mol. The van der Waals surface area contributed by atoms with Crippen LogP contribution in [0.2, 0.25) is 0 Å². The summed E-state index contributed by atoms with van der Waals surface area (Å²) in [5.41, 5.74) is 9.72. The van der Waals surface area contributed by atoms with Crippen molar-refractivity contribution in [3.8, 4) is 0 Å². The number of aromatic nitrogens is 1. The van der Waals surface area contributed by atoms with Crippen LogP contribution in [0.15, 0.2) is 66.9 Å². The highest BCUT2D eigenvalue weighted by molar-refractivity contribution is 5.78. The van der Waals surface area contributed by atoms with Gasteiger partial charge in [-0.05, 0) is 36.1 Å². The highest BCUT2D eigenvalue weighted by Crippen LogP contribution is 2.18. The van der Waals surface area contributed by atoms with Crippen LogP contribution in [0.1, 0.15) is 23.6 Å². The average Bonchev–Trinajstić information content (AvgIpc) is 2.53. The molecule has 2 heteroatoms. The van der Waals surface area contributed by atoms with Gasteiger partial charge in [0.2, 0.25) is 0 Å². The Bertz CT molecular complexity index is 692. The van der Waals surface area contributed by atoms with Crippen molar-refractivity contribution < 1.29 is 0 Å². The summed E-state index contributed by atoms with van der Waals surface area (Å²) < 4.78 is 0. The molecule has 0 amide bonds. The topological polar surface area (TPSA) is 38.9 Å². The molecule has 3 aromatic rings. The van der Waals surface area contributed by atoms with E-state index in [2.05, 4.69) is 29.2 Å². The van der Waals surface area contributed by atoms with E-state index in [1.54, 1.807) is 0 Å². The minimum atomic E-state index is 0.0858. The van der Waals surface area contributed by atoms with E-state index >= 15 is 0 Å². The number of nitrogens with zero attached hydrogens (tertiary/aromatic N) is 1. The fraction of sp³-hybridized carbons (Fsp3) is 0.167. The molecule has 0 fully saturated rings. The van der Waals surface area contributed by atoms with Crippen LogP contribution >= 0.6 is 0 Å². The second kappa shape index (κ2) is 5.85. The predicted octanol–water partition coefficient (Wildman–Crippen LogP) is 3.87. The Morgan fingerprint density at radius 2 is 1.70 bits per heavy atom. The minimum Gasteiger partial charge on any atom is -0.324 e. The number of nitrogens with two attached hydrogens (primary N) is 1. The molecule has 20 heavy (non-hydrogen) atoms. The van der Waals surface area contributed by atoms with Crippen LogP contribution in [0.4, 0.5) is 0 Å². The highest BCUT2D eigenvalue weighted by atomic mass is 14.7. The molecule has 1 atom stereocenters. The van der Waals surface area contributed by atoms with Crippen molar-refractivity contribution in [3.63, 3.8) is 0 Å². The van der Waals surface area contributed by atoms with E-state index in [0.717, 1.165) is 18.4 Å². The lowest BCUT2D eigenvalue weighted by atomic mass is 10.00. The van der Waals surface area contributed by atoms with Crippen molar-refractivity contribution in [1.29, 1.82) is 0 Å². The van der Waals surface area contributed by atoms with Gasteiger partial charge in [0.15, 0.2) is 0 Å². The maximum atomic E-state index is 6.24. The third-order valence-corrected chi connectivity index (χ3v) is 3.62. The zero-order valence-electron chi connectivity index (χ0n) is 11.4. The molecule has 3 rings (SSSR count). The highest BCUT2D eigenvalue weighted by Gasteiger charge is 2.06. The zero-order valence-corrected chi connectivity index (χ0v) is 11.4. The molecule has 0 aliphatic carbocycles. The van der Waals surface area contributed by atoms with Crippen LogP contribution in [0.3, 0.4) is 0 Å². The number of fused-ring (bicyclic) bond motifs is 1. The van der Waals surface area contributed by atoms with Crippen molar-refractivity contribution >= 4 is 10.9 Å². The first-order chi connectivity index (χ1) is 9.83. The smallest absolute Gasteiger partial charge is 0.0702 e. The molecule has 1 unspecified atom stereocenters. The number of pyridine rings is 1. The molecule has 100 valence electrons. The summed E-state index contributed by atoms with van der Waals surface area (Å²) in [6.07, 6.45) is 3.85. The third kappa shape index (κ3) is 2.86. The summed E-state index contributed by atoms with van der Waals surface area (Å²) >= 11 is 0. The van der Waals surface area contributed by atoms with Gasteiger partial charge in [0.05, 0.1) is 5.52 Å². The summed E-state index contributed by atoms with van der Waals surface area (Å²) in [4.78, 5) is 4.49. The van der Waals surface area contributed by atoms with Crippen LogP contribution in [0, 0.1) is 0 Å². The van der Waals surface area contributed by atoms with Gasteiger partial charge in [-0.25, -0.2) is 0 Å². The van der Waals surface area contributed by atoms with Crippen molar-refractivity contribution in [1.82, 2.24) is 4.98 Å². The molecule has 2 N–H and O–H groups in total. The second-order valence-electron chi connectivity index (χ2n) is 5.09. The quantitative estimate of drug-likeness (QED) is 0.775. The van der Waals surface area contributed by atoms with Crippen molar-refractivity contribution in [2.24, 2.45) is 5.73 Å². The Balaban J connectivity index is 1.70. The van der Waals surface area contributed by atoms with Gasteiger partial charge in [-0.15, -0.1) is 0 Å². The average molecular weight is 262 g/mol. The van der Waals surface area contributed by atoms with E-state index in [1.807, 2.05) is 42.6 Å². The van der Waals surface area contributed by atoms with E-state index in [4.69, 9.17) is 5.73 Å². The molecule has 0 bridgehead atoms. The van der Waals surface area contributed by atoms with Crippen molar-refractivity contribution in [2.75, 3.05) is 0 Å². The standard InChI is InChI=1S/C18H18N2/c19-17(15-6-2-1-3-7-15)11-10-14-12-16-8-4-5-9-18(16)20-13-14/h1-9,12-13,17H,10-11,19H2. The van der Waals surface area contributed by atoms with Crippen LogP contribution in [0.25, 0.3) is 10.9 Å². The van der Waals surface area contributed by atoms with Gasteiger partial charge in [0, 0.05) is 17.6 Å². The van der Waals surface area contributed by atoms with E-state index in [9.17, 15) is 0 Å². The fourth-order valence-corrected chi connectivity index (χ4v) is 2.44. The normalized spacial score (nSPS) is 12.4. The molecule has 0 saturated heterocycles. The molecule has 0 spiro atoms. The Labute approximate surface area is 119 Å². The summed E-state index contributed by atoms with van der Waals surface area (Å²) in [6, 6.07) is 20.7. The Morgan fingerprint density at radius 1 is 0.950 bits per heavy atom. The number of para-hydroxylation sites is 1. The van der Waals surface area contributed by atoms with Crippen molar-refractivity contribution in [2.45, 2.75) is 18.9 Å². The first kappa shape index (κ1) is 12.8. The number of hydrogen-bond acceptors (Lipinski definition) is 2. The Hall–Kier alpha value is -2.19. The first-order valence-corrected chi connectivity index (χ1v) is 6.97. The number of hydrogen-bond donors (Lipinski definition) is 1. The molecule has 0 aliphatic rings. The minimum absolute atomic E-state index is 0.0858. The third-order valence-electron chi connectivity index (χ3n) is 3.62. The molecule has 0 radical (unpaired) electrons. The van der Waals surface area contributed by atoms with Gasteiger partial charge in [-0.1, -0.05) is 48.5 Å². The van der Waals surface area contributed by atoms with E-state index < -0.39 is 0 Å². The summed E-state index contributed by atoms with van der Waals surface area (Å²) in [7, 11) is 0. The van der Waals surface area contributed by atoms with E-state index in [1.165, 1.54) is 16.5 Å². The van der Waals surface area contributed by atoms with Crippen LogP contribution in [0.5, 0.6) is 0 Å². The number of aryl methyl sites for hydroxylation is 1. The summed E-state index contributed by atoms with van der Waals surface area (Å²) in [5.74, 6) is 0. The SMILES string of the molecule is NC(CCc1cnc2ccccc2c1)c1ccccc1. The van der Waals surface area contributed by atoms with Gasteiger partial charge < -0.3 is 5.73 Å². The lowest BCUT2D eigenvalue weighted by Crippen LogP contribution is -2.11. The van der Waals surface area contributed by atoms with Crippen LogP contribution in [-0.4, -0.2) is 4.98 Å². The number of benzene rings is 2. The largest absolute Gasteiger partial charge is 0.324 e.